The third-order valence-electron chi connectivity index (χ3n) is 3.48. The van der Waals surface area contributed by atoms with Gasteiger partial charge in [0.25, 0.3) is 5.91 Å². The van der Waals surface area contributed by atoms with Crippen molar-refractivity contribution in [3.63, 3.8) is 0 Å². The van der Waals surface area contributed by atoms with Crippen molar-refractivity contribution >= 4 is 17.2 Å². The summed E-state index contributed by atoms with van der Waals surface area (Å²) >= 11 is 1.29. The monoisotopic (exact) mass is 333 g/mol. The standard InChI is InChI=1S/C19H15N3OS/c1-2-18-22-17(13-24-18)19(23)21-10-8-14-5-3-6-15(11-14)16-7-4-9-20-12-16/h1,3-7,9,11-13H,8,10H2,(H,21,23). The molecule has 1 aromatic carbocycles. The zero-order chi connectivity index (χ0) is 16.8. The van der Waals surface area contributed by atoms with Crippen LogP contribution in [-0.4, -0.2) is 22.4 Å². The highest BCUT2D eigenvalue weighted by Gasteiger charge is 2.09. The van der Waals surface area contributed by atoms with Crippen molar-refractivity contribution in [2.45, 2.75) is 6.42 Å². The van der Waals surface area contributed by atoms with E-state index >= 15 is 0 Å². The first kappa shape index (κ1) is 15.9. The van der Waals surface area contributed by atoms with E-state index in [-0.39, 0.29) is 5.91 Å². The van der Waals surface area contributed by atoms with Gasteiger partial charge in [-0.1, -0.05) is 30.3 Å². The number of nitrogens with one attached hydrogen (secondary N) is 1. The van der Waals surface area contributed by atoms with Crippen LogP contribution in [0.15, 0.2) is 54.2 Å². The van der Waals surface area contributed by atoms with Gasteiger partial charge in [0.05, 0.1) is 0 Å². The first-order valence-electron chi connectivity index (χ1n) is 7.46. The highest BCUT2D eigenvalue weighted by molar-refractivity contribution is 7.10. The van der Waals surface area contributed by atoms with Crippen LogP contribution >= 0.6 is 11.3 Å². The Balaban J connectivity index is 1.59. The Hall–Kier alpha value is -2.97. The minimum Gasteiger partial charge on any atom is -0.350 e. The van der Waals surface area contributed by atoms with Crippen LogP contribution in [0.25, 0.3) is 11.1 Å². The number of amides is 1. The second-order valence-electron chi connectivity index (χ2n) is 5.13. The molecule has 1 amide bonds. The van der Waals surface area contributed by atoms with Crippen molar-refractivity contribution in [2.75, 3.05) is 6.54 Å². The molecule has 2 heterocycles. The number of carbonyl (C=O) groups excluding carboxylic acids is 1. The molecule has 0 radical (unpaired) electrons. The van der Waals surface area contributed by atoms with E-state index in [4.69, 9.17) is 6.42 Å². The predicted octanol–water partition coefficient (Wildman–Crippen LogP) is 3.16. The Kier molecular flexibility index (Phi) is 4.99. The summed E-state index contributed by atoms with van der Waals surface area (Å²) in [6, 6.07) is 12.2. The lowest BCUT2D eigenvalue weighted by Gasteiger charge is -2.06. The fourth-order valence-electron chi connectivity index (χ4n) is 2.30. The number of hydrogen-bond acceptors (Lipinski definition) is 4. The minimum absolute atomic E-state index is 0.198. The normalized spacial score (nSPS) is 10.1. The van der Waals surface area contributed by atoms with Gasteiger partial charge in [0, 0.05) is 24.3 Å². The third kappa shape index (κ3) is 3.86. The van der Waals surface area contributed by atoms with Gasteiger partial charge in [-0.3, -0.25) is 9.78 Å². The van der Waals surface area contributed by atoms with Crippen LogP contribution in [0.4, 0.5) is 0 Å². The van der Waals surface area contributed by atoms with Gasteiger partial charge in [0.1, 0.15) is 5.69 Å². The summed E-state index contributed by atoms with van der Waals surface area (Å²) in [5.41, 5.74) is 3.72. The molecule has 0 fully saturated rings. The average Bonchev–Trinajstić information content (AvgIpc) is 3.12. The quantitative estimate of drug-likeness (QED) is 0.730. The van der Waals surface area contributed by atoms with Crippen molar-refractivity contribution in [3.8, 4) is 23.5 Å². The van der Waals surface area contributed by atoms with E-state index in [2.05, 4.69) is 33.3 Å². The molecule has 3 aromatic rings. The van der Waals surface area contributed by atoms with E-state index in [0.717, 1.165) is 23.1 Å². The first-order valence-corrected chi connectivity index (χ1v) is 8.34. The SMILES string of the molecule is C#Cc1nc(C(=O)NCCc2cccc(-c3cccnc3)c2)cs1. The maximum absolute atomic E-state index is 12.0. The van der Waals surface area contributed by atoms with E-state index in [1.54, 1.807) is 11.6 Å². The fourth-order valence-corrected chi connectivity index (χ4v) is 2.90. The molecular weight excluding hydrogens is 318 g/mol. The molecule has 3 rings (SSSR count). The van der Waals surface area contributed by atoms with Crippen molar-refractivity contribution < 1.29 is 4.79 Å². The molecule has 0 saturated carbocycles. The van der Waals surface area contributed by atoms with Gasteiger partial charge < -0.3 is 5.32 Å². The minimum atomic E-state index is -0.198. The summed E-state index contributed by atoms with van der Waals surface area (Å²) in [7, 11) is 0. The van der Waals surface area contributed by atoms with Crippen molar-refractivity contribution in [1.29, 1.82) is 0 Å². The van der Waals surface area contributed by atoms with E-state index in [9.17, 15) is 4.79 Å². The molecule has 0 aliphatic heterocycles. The zero-order valence-corrected chi connectivity index (χ0v) is 13.7. The highest BCUT2D eigenvalue weighted by Crippen LogP contribution is 2.19. The molecule has 118 valence electrons. The molecular formula is C19H15N3OS. The summed E-state index contributed by atoms with van der Waals surface area (Å²) in [6.07, 6.45) is 9.60. The van der Waals surface area contributed by atoms with Crippen LogP contribution in [0, 0.1) is 12.3 Å². The largest absolute Gasteiger partial charge is 0.350 e. The molecule has 24 heavy (non-hydrogen) atoms. The van der Waals surface area contributed by atoms with Crippen LogP contribution in [0.2, 0.25) is 0 Å². The smallest absolute Gasteiger partial charge is 0.270 e. The van der Waals surface area contributed by atoms with Gasteiger partial charge in [0.15, 0.2) is 5.01 Å². The summed E-state index contributed by atoms with van der Waals surface area (Å²) in [4.78, 5) is 20.2. The Morgan fingerprint density at radius 3 is 2.88 bits per heavy atom. The number of aromatic nitrogens is 2. The number of nitrogens with zero attached hydrogens (tertiary/aromatic N) is 2. The van der Waals surface area contributed by atoms with Gasteiger partial charge in [-0.25, -0.2) is 4.98 Å². The lowest BCUT2D eigenvalue weighted by atomic mass is 10.0. The van der Waals surface area contributed by atoms with Crippen LogP contribution in [0.5, 0.6) is 0 Å². The van der Waals surface area contributed by atoms with Crippen LogP contribution in [0.1, 0.15) is 21.1 Å². The molecule has 5 heteroatoms. The topological polar surface area (TPSA) is 54.9 Å². The van der Waals surface area contributed by atoms with Gasteiger partial charge >= 0.3 is 0 Å². The van der Waals surface area contributed by atoms with E-state index in [0.29, 0.717) is 17.2 Å². The summed E-state index contributed by atoms with van der Waals surface area (Å²) < 4.78 is 0. The second-order valence-corrected chi connectivity index (χ2v) is 5.99. The highest BCUT2D eigenvalue weighted by atomic mass is 32.1. The predicted molar refractivity (Wildman–Crippen MR) is 95.8 cm³/mol. The van der Waals surface area contributed by atoms with Crippen LogP contribution in [-0.2, 0) is 6.42 Å². The molecule has 0 bridgehead atoms. The number of carbonyl (C=O) groups is 1. The van der Waals surface area contributed by atoms with Crippen molar-refractivity contribution in [3.05, 3.63) is 70.4 Å². The lowest BCUT2D eigenvalue weighted by molar-refractivity contribution is 0.0950. The number of thiazole rings is 1. The summed E-state index contributed by atoms with van der Waals surface area (Å²) in [5, 5.41) is 5.06. The van der Waals surface area contributed by atoms with Crippen molar-refractivity contribution in [1.82, 2.24) is 15.3 Å². The van der Waals surface area contributed by atoms with Crippen LogP contribution in [0.3, 0.4) is 0 Å². The molecule has 0 spiro atoms. The molecule has 0 aliphatic carbocycles. The van der Waals surface area contributed by atoms with Gasteiger partial charge in [-0.2, -0.15) is 0 Å². The summed E-state index contributed by atoms with van der Waals surface area (Å²) in [5.74, 6) is 2.23. The lowest BCUT2D eigenvalue weighted by Crippen LogP contribution is -2.26. The second kappa shape index (κ2) is 7.53. The maximum atomic E-state index is 12.0. The van der Waals surface area contributed by atoms with Gasteiger partial charge in [0.2, 0.25) is 0 Å². The zero-order valence-electron chi connectivity index (χ0n) is 12.9. The molecule has 4 nitrogen and oxygen atoms in total. The number of rotatable bonds is 5. The van der Waals surface area contributed by atoms with Gasteiger partial charge in [-0.05, 0) is 35.1 Å². The maximum Gasteiger partial charge on any atom is 0.270 e. The van der Waals surface area contributed by atoms with E-state index in [1.807, 2.05) is 30.5 Å². The number of terminal acetylenes is 1. The molecule has 0 unspecified atom stereocenters. The molecule has 1 N–H and O–H groups in total. The van der Waals surface area contributed by atoms with E-state index in [1.165, 1.54) is 11.3 Å². The molecule has 0 saturated heterocycles. The van der Waals surface area contributed by atoms with Crippen LogP contribution < -0.4 is 5.32 Å². The fraction of sp³-hybridized carbons (Fsp3) is 0.105. The molecule has 0 aliphatic rings. The molecule has 2 aromatic heterocycles. The Bertz CT molecular complexity index is 881. The molecule has 0 atom stereocenters. The number of hydrogen-bond donors (Lipinski definition) is 1. The van der Waals surface area contributed by atoms with E-state index < -0.39 is 0 Å². The Morgan fingerprint density at radius 1 is 1.25 bits per heavy atom. The third-order valence-corrected chi connectivity index (χ3v) is 4.25. The van der Waals surface area contributed by atoms with Crippen molar-refractivity contribution in [2.24, 2.45) is 0 Å². The Morgan fingerprint density at radius 2 is 2.12 bits per heavy atom. The first-order chi connectivity index (χ1) is 11.8. The summed E-state index contributed by atoms with van der Waals surface area (Å²) in [6.45, 7) is 0.540. The number of pyridine rings is 1. The van der Waals surface area contributed by atoms with Gasteiger partial charge in [-0.15, -0.1) is 17.8 Å². The Labute approximate surface area is 144 Å². The number of benzene rings is 1. The average molecular weight is 333 g/mol.